The van der Waals surface area contributed by atoms with Crippen LogP contribution >= 0.6 is 0 Å². The molecule has 1 aliphatic heterocycles. The van der Waals surface area contributed by atoms with E-state index in [1.54, 1.807) is 18.3 Å². The largest absolute Gasteiger partial charge is 0.316 e. The molecule has 0 amide bonds. The fourth-order valence-corrected chi connectivity index (χ4v) is 3.59. The summed E-state index contributed by atoms with van der Waals surface area (Å²) in [6.07, 6.45) is 2.64. The van der Waals surface area contributed by atoms with Gasteiger partial charge in [0.05, 0.1) is 0 Å². The zero-order valence-corrected chi connectivity index (χ0v) is 13.5. The lowest BCUT2D eigenvalue weighted by Gasteiger charge is -2.13. The second-order valence-corrected chi connectivity index (χ2v) is 7.15. The van der Waals surface area contributed by atoms with Crippen LogP contribution in [-0.2, 0) is 16.6 Å². The van der Waals surface area contributed by atoms with Gasteiger partial charge in [0.15, 0.2) is 5.03 Å². The average Bonchev–Trinajstić information content (AvgIpc) is 2.94. The minimum atomic E-state index is -3.50. The fourth-order valence-electron chi connectivity index (χ4n) is 2.55. The van der Waals surface area contributed by atoms with Crippen LogP contribution in [0.25, 0.3) is 0 Å². The maximum absolute atomic E-state index is 12.2. The summed E-state index contributed by atoms with van der Waals surface area (Å²) in [5, 5.41) is 3.09. The van der Waals surface area contributed by atoms with Gasteiger partial charge in [-0.1, -0.05) is 13.0 Å². The molecule has 1 unspecified atom stereocenters. The second-order valence-electron chi connectivity index (χ2n) is 5.43. The number of hydrogen-bond donors (Lipinski definition) is 2. The maximum Gasteiger partial charge on any atom is 0.258 e. The topological polar surface area (TPSA) is 74.3 Å². The van der Waals surface area contributed by atoms with Crippen LogP contribution in [0.4, 0.5) is 0 Å². The molecule has 0 saturated carbocycles. The lowest BCUT2D eigenvalue weighted by molar-refractivity contribution is 0.342. The highest BCUT2D eigenvalue weighted by Crippen LogP contribution is 2.15. The van der Waals surface area contributed by atoms with Crippen LogP contribution in [0.3, 0.4) is 0 Å². The number of nitrogens with one attached hydrogen (secondary N) is 2. The van der Waals surface area contributed by atoms with Crippen LogP contribution in [0.15, 0.2) is 23.4 Å². The van der Waals surface area contributed by atoms with Crippen molar-refractivity contribution in [3.63, 3.8) is 0 Å². The Kier molecular flexibility index (Phi) is 5.69. The van der Waals surface area contributed by atoms with Crippen molar-refractivity contribution in [2.75, 3.05) is 33.2 Å². The lowest BCUT2D eigenvalue weighted by Crippen LogP contribution is -2.31. The zero-order valence-electron chi connectivity index (χ0n) is 12.7. The summed E-state index contributed by atoms with van der Waals surface area (Å²) in [4.78, 5) is 6.38. The molecule has 2 rings (SSSR count). The predicted octanol–water partition coefficient (Wildman–Crippen LogP) is 0.421. The predicted molar refractivity (Wildman–Crippen MR) is 82.4 cm³/mol. The summed E-state index contributed by atoms with van der Waals surface area (Å²) in [5.74, 6) is 0.392. The molecule has 2 N–H and O–H groups in total. The Labute approximate surface area is 127 Å². The van der Waals surface area contributed by atoms with Gasteiger partial charge in [0.1, 0.15) is 0 Å². The number of nitrogens with zero attached hydrogens (tertiary/aromatic N) is 2. The smallest absolute Gasteiger partial charge is 0.258 e. The zero-order chi connectivity index (χ0) is 15.3. The quantitative estimate of drug-likeness (QED) is 0.763. The summed E-state index contributed by atoms with van der Waals surface area (Å²) >= 11 is 0. The van der Waals surface area contributed by atoms with Gasteiger partial charge in [0.25, 0.3) is 10.0 Å². The third-order valence-corrected chi connectivity index (χ3v) is 5.17. The van der Waals surface area contributed by atoms with Crippen molar-refractivity contribution in [1.29, 1.82) is 0 Å². The Bertz CT molecular complexity index is 545. The Morgan fingerprint density at radius 2 is 2.24 bits per heavy atom. The molecule has 1 aromatic rings. The van der Waals surface area contributed by atoms with Crippen molar-refractivity contribution >= 4 is 10.0 Å². The second kappa shape index (κ2) is 7.31. The van der Waals surface area contributed by atoms with E-state index in [2.05, 4.69) is 26.8 Å². The van der Waals surface area contributed by atoms with Crippen molar-refractivity contribution in [2.45, 2.75) is 24.9 Å². The van der Waals surface area contributed by atoms with Crippen LogP contribution in [0.2, 0.25) is 0 Å². The molecule has 1 saturated heterocycles. The first-order valence-electron chi connectivity index (χ1n) is 7.36. The molecule has 21 heavy (non-hydrogen) atoms. The molecule has 2 heterocycles. The molecular formula is C14H24N4O2S. The van der Waals surface area contributed by atoms with Gasteiger partial charge in [-0.25, -0.2) is 18.1 Å². The van der Waals surface area contributed by atoms with Gasteiger partial charge in [-0.3, -0.25) is 0 Å². The standard InChI is InChI=1S/C14H24N4O2S/c1-3-18-7-6-13(11-18)10-17-21(19,20)14-5-4-12(8-15-2)9-16-14/h4-5,9,13,15,17H,3,6-8,10-11H2,1-2H3. The van der Waals surface area contributed by atoms with Crippen LogP contribution < -0.4 is 10.0 Å². The number of aromatic nitrogens is 1. The Morgan fingerprint density at radius 3 is 2.81 bits per heavy atom. The summed E-state index contributed by atoms with van der Waals surface area (Å²) < 4.78 is 27.1. The van der Waals surface area contributed by atoms with E-state index in [0.29, 0.717) is 19.0 Å². The average molecular weight is 312 g/mol. The normalized spacial score (nSPS) is 20.0. The maximum atomic E-state index is 12.2. The summed E-state index contributed by atoms with van der Waals surface area (Å²) in [7, 11) is -1.66. The molecule has 0 aliphatic carbocycles. The van der Waals surface area contributed by atoms with E-state index in [-0.39, 0.29) is 5.03 Å². The third-order valence-electron chi connectivity index (χ3n) is 3.83. The van der Waals surface area contributed by atoms with Crippen molar-refractivity contribution in [1.82, 2.24) is 19.9 Å². The van der Waals surface area contributed by atoms with Gasteiger partial charge >= 0.3 is 0 Å². The lowest BCUT2D eigenvalue weighted by atomic mass is 10.1. The number of likely N-dealkylation sites (tertiary alicyclic amines) is 1. The summed E-state index contributed by atoms with van der Waals surface area (Å²) in [6, 6.07) is 3.34. The molecule has 0 bridgehead atoms. The van der Waals surface area contributed by atoms with Crippen molar-refractivity contribution in [2.24, 2.45) is 5.92 Å². The molecule has 1 aliphatic rings. The molecule has 118 valence electrons. The van der Waals surface area contributed by atoms with Gasteiger partial charge in [-0.2, -0.15) is 0 Å². The number of rotatable bonds is 7. The van der Waals surface area contributed by atoms with Gasteiger partial charge in [-0.05, 0) is 44.1 Å². The molecule has 0 spiro atoms. The van der Waals surface area contributed by atoms with E-state index in [4.69, 9.17) is 0 Å². The summed E-state index contributed by atoms with van der Waals surface area (Å²) in [5.41, 5.74) is 0.964. The van der Waals surface area contributed by atoms with Crippen LogP contribution in [0, 0.1) is 5.92 Å². The molecule has 0 aromatic carbocycles. The molecule has 1 aromatic heterocycles. The SMILES string of the molecule is CCN1CCC(CNS(=O)(=O)c2ccc(CNC)cn2)C1. The number of hydrogen-bond acceptors (Lipinski definition) is 5. The Hall–Kier alpha value is -1.02. The van der Waals surface area contributed by atoms with E-state index in [1.807, 2.05) is 7.05 Å². The van der Waals surface area contributed by atoms with E-state index < -0.39 is 10.0 Å². The first kappa shape index (κ1) is 16.4. The van der Waals surface area contributed by atoms with Gasteiger partial charge < -0.3 is 10.2 Å². The van der Waals surface area contributed by atoms with E-state index in [9.17, 15) is 8.42 Å². The van der Waals surface area contributed by atoms with E-state index in [1.165, 1.54) is 0 Å². The highest BCUT2D eigenvalue weighted by Gasteiger charge is 2.23. The molecule has 1 atom stereocenters. The Morgan fingerprint density at radius 1 is 1.43 bits per heavy atom. The minimum absolute atomic E-state index is 0.0905. The van der Waals surface area contributed by atoms with Crippen LogP contribution in [0.1, 0.15) is 18.9 Å². The van der Waals surface area contributed by atoms with E-state index >= 15 is 0 Å². The van der Waals surface area contributed by atoms with Crippen LogP contribution in [0.5, 0.6) is 0 Å². The molecule has 7 heteroatoms. The highest BCUT2D eigenvalue weighted by molar-refractivity contribution is 7.89. The summed E-state index contributed by atoms with van der Waals surface area (Å²) in [6.45, 7) is 6.34. The third kappa shape index (κ3) is 4.47. The molecule has 6 nitrogen and oxygen atoms in total. The molecule has 1 fully saturated rings. The Balaban J connectivity index is 1.92. The van der Waals surface area contributed by atoms with E-state index in [0.717, 1.165) is 31.6 Å². The molecule has 0 radical (unpaired) electrons. The minimum Gasteiger partial charge on any atom is -0.316 e. The number of sulfonamides is 1. The first-order chi connectivity index (χ1) is 10.0. The number of pyridine rings is 1. The highest BCUT2D eigenvalue weighted by atomic mass is 32.2. The first-order valence-corrected chi connectivity index (χ1v) is 8.85. The van der Waals surface area contributed by atoms with Gasteiger partial charge in [0.2, 0.25) is 0 Å². The monoisotopic (exact) mass is 312 g/mol. The van der Waals surface area contributed by atoms with Crippen molar-refractivity contribution in [3.05, 3.63) is 23.9 Å². The van der Waals surface area contributed by atoms with Crippen molar-refractivity contribution < 1.29 is 8.42 Å². The van der Waals surface area contributed by atoms with Crippen LogP contribution in [-0.4, -0.2) is 51.5 Å². The fraction of sp³-hybridized carbons (Fsp3) is 0.643. The van der Waals surface area contributed by atoms with Gasteiger partial charge in [0, 0.05) is 25.8 Å². The van der Waals surface area contributed by atoms with Gasteiger partial charge in [-0.15, -0.1) is 0 Å². The van der Waals surface area contributed by atoms with Crippen molar-refractivity contribution in [3.8, 4) is 0 Å². The molecular weight excluding hydrogens is 288 g/mol.